The standard InChI is InChI=1S/C6H2ClF3N2O2/c7-5(13)3-1-11-2-4(12-3)14-6(8,9)10/h1-2H. The van der Waals surface area contributed by atoms with E-state index in [1.165, 1.54) is 0 Å². The molecule has 0 aliphatic carbocycles. The van der Waals surface area contributed by atoms with Gasteiger partial charge in [0.25, 0.3) is 5.24 Å². The largest absolute Gasteiger partial charge is 0.574 e. The van der Waals surface area contributed by atoms with Crippen LogP contribution < -0.4 is 4.74 Å². The van der Waals surface area contributed by atoms with Crippen molar-refractivity contribution in [2.75, 3.05) is 0 Å². The molecule has 0 aliphatic heterocycles. The summed E-state index contributed by atoms with van der Waals surface area (Å²) in [7, 11) is 0. The predicted octanol–water partition coefficient (Wildman–Crippen LogP) is 1.75. The highest BCUT2D eigenvalue weighted by Gasteiger charge is 2.32. The van der Waals surface area contributed by atoms with Crippen molar-refractivity contribution in [3.05, 3.63) is 18.1 Å². The zero-order valence-corrected chi connectivity index (χ0v) is 7.13. The Bertz CT molecular complexity index is 355. The van der Waals surface area contributed by atoms with Crippen molar-refractivity contribution in [1.82, 2.24) is 9.97 Å². The van der Waals surface area contributed by atoms with Gasteiger partial charge in [0.1, 0.15) is 5.69 Å². The molecule has 1 heterocycles. The van der Waals surface area contributed by atoms with Gasteiger partial charge in [0.15, 0.2) is 0 Å². The Labute approximate surface area is 80.7 Å². The van der Waals surface area contributed by atoms with Gasteiger partial charge in [0.2, 0.25) is 5.88 Å². The van der Waals surface area contributed by atoms with Gasteiger partial charge in [-0.25, -0.2) is 4.98 Å². The van der Waals surface area contributed by atoms with Crippen LogP contribution in [0.15, 0.2) is 12.4 Å². The number of alkyl halides is 3. The first kappa shape index (κ1) is 10.7. The smallest absolute Gasteiger partial charge is 0.386 e. The zero-order chi connectivity index (χ0) is 10.8. The number of halogens is 4. The normalized spacial score (nSPS) is 11.1. The Balaban J connectivity index is 2.89. The van der Waals surface area contributed by atoms with Crippen LogP contribution in [-0.4, -0.2) is 21.6 Å². The molecule has 0 aliphatic rings. The van der Waals surface area contributed by atoms with Crippen LogP contribution in [0.5, 0.6) is 5.88 Å². The number of ether oxygens (including phenoxy) is 1. The first-order chi connectivity index (χ1) is 6.38. The fourth-order valence-electron chi connectivity index (χ4n) is 0.611. The third-order valence-corrected chi connectivity index (χ3v) is 1.23. The molecule has 0 fully saturated rings. The quantitative estimate of drug-likeness (QED) is 0.721. The molecule has 0 unspecified atom stereocenters. The van der Waals surface area contributed by atoms with E-state index in [9.17, 15) is 18.0 Å². The van der Waals surface area contributed by atoms with Crippen LogP contribution in [0.4, 0.5) is 13.2 Å². The Morgan fingerprint density at radius 3 is 2.57 bits per heavy atom. The van der Waals surface area contributed by atoms with Gasteiger partial charge in [-0.1, -0.05) is 0 Å². The van der Waals surface area contributed by atoms with E-state index >= 15 is 0 Å². The molecular weight excluding hydrogens is 225 g/mol. The van der Waals surface area contributed by atoms with E-state index in [2.05, 4.69) is 14.7 Å². The van der Waals surface area contributed by atoms with Crippen molar-refractivity contribution < 1.29 is 22.7 Å². The van der Waals surface area contributed by atoms with Gasteiger partial charge in [-0.15, -0.1) is 13.2 Å². The van der Waals surface area contributed by atoms with Crippen LogP contribution in [0.2, 0.25) is 0 Å². The number of aromatic nitrogens is 2. The lowest BCUT2D eigenvalue weighted by Gasteiger charge is -2.06. The topological polar surface area (TPSA) is 52.1 Å². The molecule has 0 atom stereocenters. The number of hydrogen-bond acceptors (Lipinski definition) is 4. The molecule has 0 spiro atoms. The van der Waals surface area contributed by atoms with Crippen molar-refractivity contribution >= 4 is 16.8 Å². The van der Waals surface area contributed by atoms with Crippen LogP contribution in [0.25, 0.3) is 0 Å². The van der Waals surface area contributed by atoms with Crippen molar-refractivity contribution in [1.29, 1.82) is 0 Å². The summed E-state index contributed by atoms with van der Waals surface area (Å²) in [5.74, 6) is -0.830. The van der Waals surface area contributed by atoms with E-state index in [4.69, 9.17) is 11.6 Å². The average Bonchev–Trinajstić information content (AvgIpc) is 2.01. The second-order valence-electron chi connectivity index (χ2n) is 2.06. The molecule has 0 radical (unpaired) electrons. The van der Waals surface area contributed by atoms with Gasteiger partial charge < -0.3 is 4.74 Å². The van der Waals surface area contributed by atoms with Crippen molar-refractivity contribution in [3.8, 4) is 5.88 Å². The van der Waals surface area contributed by atoms with Gasteiger partial charge in [-0.05, 0) is 11.6 Å². The van der Waals surface area contributed by atoms with Crippen molar-refractivity contribution in [2.45, 2.75) is 6.36 Å². The lowest BCUT2D eigenvalue weighted by molar-refractivity contribution is -0.276. The van der Waals surface area contributed by atoms with E-state index in [-0.39, 0.29) is 0 Å². The molecule has 1 aromatic heterocycles. The summed E-state index contributed by atoms with van der Waals surface area (Å²) in [4.78, 5) is 17.0. The summed E-state index contributed by atoms with van der Waals surface area (Å²) in [5.41, 5.74) is -0.409. The molecule has 0 N–H and O–H groups in total. The predicted molar refractivity (Wildman–Crippen MR) is 38.9 cm³/mol. The Kier molecular flexibility index (Phi) is 2.90. The van der Waals surface area contributed by atoms with Crippen molar-refractivity contribution in [3.63, 3.8) is 0 Å². The second-order valence-corrected chi connectivity index (χ2v) is 2.41. The molecule has 0 aromatic carbocycles. The molecule has 8 heteroatoms. The number of nitrogens with zero attached hydrogens (tertiary/aromatic N) is 2. The minimum absolute atomic E-state index is 0.409. The van der Waals surface area contributed by atoms with Crippen LogP contribution in [-0.2, 0) is 0 Å². The monoisotopic (exact) mass is 226 g/mol. The fraction of sp³-hybridized carbons (Fsp3) is 0.167. The average molecular weight is 227 g/mol. The van der Waals surface area contributed by atoms with E-state index in [1.807, 2.05) is 0 Å². The lowest BCUT2D eigenvalue weighted by Crippen LogP contribution is -2.18. The minimum atomic E-state index is -4.87. The molecule has 0 saturated heterocycles. The maximum absolute atomic E-state index is 11.7. The summed E-state index contributed by atoms with van der Waals surface area (Å²) in [6, 6.07) is 0. The lowest BCUT2D eigenvalue weighted by atomic mass is 10.5. The Hall–Kier alpha value is -1.37. The van der Waals surface area contributed by atoms with Crippen LogP contribution in [0, 0.1) is 0 Å². The summed E-state index contributed by atoms with van der Waals surface area (Å²) in [5, 5.41) is -1.01. The number of carbonyl (C=O) groups is 1. The Morgan fingerprint density at radius 2 is 2.07 bits per heavy atom. The minimum Gasteiger partial charge on any atom is -0.386 e. The van der Waals surface area contributed by atoms with Gasteiger partial charge in [0, 0.05) is 0 Å². The fourth-order valence-corrected chi connectivity index (χ4v) is 0.702. The van der Waals surface area contributed by atoms with Gasteiger partial charge in [-0.2, -0.15) is 0 Å². The van der Waals surface area contributed by atoms with E-state index in [1.54, 1.807) is 0 Å². The number of hydrogen-bond donors (Lipinski definition) is 0. The van der Waals surface area contributed by atoms with Gasteiger partial charge in [-0.3, -0.25) is 9.78 Å². The van der Waals surface area contributed by atoms with Crippen LogP contribution in [0.3, 0.4) is 0 Å². The maximum Gasteiger partial charge on any atom is 0.574 e. The molecule has 0 bridgehead atoms. The first-order valence-corrected chi connectivity index (χ1v) is 3.54. The van der Waals surface area contributed by atoms with Crippen LogP contribution in [0.1, 0.15) is 10.5 Å². The van der Waals surface area contributed by atoms with E-state index in [0.29, 0.717) is 0 Å². The molecular formula is C6H2ClF3N2O2. The van der Waals surface area contributed by atoms with Crippen molar-refractivity contribution in [2.24, 2.45) is 0 Å². The van der Waals surface area contributed by atoms with E-state index < -0.39 is 23.2 Å². The van der Waals surface area contributed by atoms with Crippen LogP contribution >= 0.6 is 11.6 Å². The second kappa shape index (κ2) is 3.79. The molecule has 1 aromatic rings. The summed E-state index contributed by atoms with van der Waals surface area (Å²) < 4.78 is 38.4. The highest BCUT2D eigenvalue weighted by atomic mass is 35.5. The third-order valence-electron chi connectivity index (χ3n) is 1.03. The summed E-state index contributed by atoms with van der Waals surface area (Å²) in [6.45, 7) is 0. The summed E-state index contributed by atoms with van der Waals surface area (Å²) >= 11 is 4.97. The van der Waals surface area contributed by atoms with Gasteiger partial charge in [0.05, 0.1) is 12.4 Å². The molecule has 0 saturated carbocycles. The SMILES string of the molecule is O=C(Cl)c1cncc(OC(F)(F)F)n1. The zero-order valence-electron chi connectivity index (χ0n) is 6.38. The highest BCUT2D eigenvalue weighted by molar-refractivity contribution is 6.67. The van der Waals surface area contributed by atoms with E-state index in [0.717, 1.165) is 12.4 Å². The molecule has 0 amide bonds. The first-order valence-electron chi connectivity index (χ1n) is 3.16. The van der Waals surface area contributed by atoms with Gasteiger partial charge >= 0.3 is 6.36 Å². The molecule has 14 heavy (non-hydrogen) atoms. The molecule has 76 valence electrons. The number of rotatable bonds is 2. The third kappa shape index (κ3) is 3.17. The number of carbonyl (C=O) groups excluding carboxylic acids is 1. The molecule has 4 nitrogen and oxygen atoms in total. The maximum atomic E-state index is 11.7. The summed E-state index contributed by atoms with van der Waals surface area (Å²) in [6.07, 6.45) is -3.22. The highest BCUT2D eigenvalue weighted by Crippen LogP contribution is 2.20. The molecule has 1 rings (SSSR count). The Morgan fingerprint density at radius 1 is 1.43 bits per heavy atom.